The van der Waals surface area contributed by atoms with Crippen molar-refractivity contribution < 1.29 is 28.6 Å². The summed E-state index contributed by atoms with van der Waals surface area (Å²) in [5.41, 5.74) is 0.476. The fraction of sp³-hybridized carbons (Fsp3) is 0.556. The molecule has 1 unspecified atom stereocenters. The number of benzene rings is 1. The van der Waals surface area contributed by atoms with E-state index >= 15 is 0 Å². The van der Waals surface area contributed by atoms with Crippen molar-refractivity contribution in [3.05, 3.63) is 30.3 Å². The summed E-state index contributed by atoms with van der Waals surface area (Å²) in [6, 6.07) is 9.81. The molecule has 1 N–H and O–H groups in total. The molecule has 0 spiro atoms. The molecule has 0 aromatic heterocycles. The normalized spacial score (nSPS) is 28.2. The zero-order chi connectivity index (χ0) is 18.6. The second-order valence-corrected chi connectivity index (χ2v) is 10.9. The van der Waals surface area contributed by atoms with Gasteiger partial charge in [-0.2, -0.15) is 0 Å². The molecule has 1 heterocycles. The molecule has 138 valence electrons. The van der Waals surface area contributed by atoms with Gasteiger partial charge in [-0.1, -0.05) is 57.0 Å². The van der Waals surface area contributed by atoms with E-state index in [4.69, 9.17) is 9.16 Å². The lowest BCUT2D eigenvalue weighted by molar-refractivity contribution is -0.168. The minimum absolute atomic E-state index is 0.238. The van der Waals surface area contributed by atoms with Gasteiger partial charge in [-0.05, 0) is 16.3 Å². The molecule has 0 aliphatic carbocycles. The van der Waals surface area contributed by atoms with Crippen molar-refractivity contribution in [2.24, 2.45) is 0 Å². The van der Waals surface area contributed by atoms with Crippen LogP contribution >= 0.6 is 0 Å². The minimum atomic E-state index is -2.65. The monoisotopic (exact) mass is 366 g/mol. The van der Waals surface area contributed by atoms with Crippen LogP contribution in [0.15, 0.2) is 30.3 Å². The van der Waals surface area contributed by atoms with Gasteiger partial charge in [0.15, 0.2) is 12.2 Å². The van der Waals surface area contributed by atoms with E-state index in [1.807, 2.05) is 30.3 Å². The molecule has 25 heavy (non-hydrogen) atoms. The highest BCUT2D eigenvalue weighted by Crippen LogP contribution is 2.47. The summed E-state index contributed by atoms with van der Waals surface area (Å²) < 4.78 is 15.7. The van der Waals surface area contributed by atoms with Crippen molar-refractivity contribution in [1.82, 2.24) is 0 Å². The van der Waals surface area contributed by atoms with Crippen molar-refractivity contribution in [2.45, 2.75) is 50.0 Å². The summed E-state index contributed by atoms with van der Waals surface area (Å²) in [6.45, 7) is 4.23. The van der Waals surface area contributed by atoms with Gasteiger partial charge < -0.3 is 19.0 Å². The molecule has 0 bridgehead atoms. The van der Waals surface area contributed by atoms with Crippen LogP contribution in [0.2, 0.25) is 11.1 Å². The van der Waals surface area contributed by atoms with Gasteiger partial charge in [0.1, 0.15) is 0 Å². The van der Waals surface area contributed by atoms with E-state index < -0.39 is 32.5 Å². The zero-order valence-electron chi connectivity index (χ0n) is 15.1. The van der Waals surface area contributed by atoms with Gasteiger partial charge in [0.05, 0.1) is 14.2 Å². The average molecular weight is 366 g/mol. The van der Waals surface area contributed by atoms with Crippen molar-refractivity contribution in [3.63, 3.8) is 0 Å². The number of rotatable bonds is 6. The molecule has 6 nitrogen and oxygen atoms in total. The highest BCUT2D eigenvalue weighted by molar-refractivity contribution is 6.89. The van der Waals surface area contributed by atoms with Crippen molar-refractivity contribution in [3.8, 4) is 0 Å². The van der Waals surface area contributed by atoms with E-state index in [1.54, 1.807) is 0 Å². The molecule has 0 radical (unpaired) electrons. The smallest absolute Gasteiger partial charge is 0.338 e. The maximum absolute atomic E-state index is 12.3. The Morgan fingerprint density at radius 2 is 1.56 bits per heavy atom. The first-order chi connectivity index (χ1) is 11.9. The number of hydrogen-bond acceptors (Lipinski definition) is 6. The molecule has 1 aromatic carbocycles. The van der Waals surface area contributed by atoms with Crippen LogP contribution in [0.25, 0.3) is 0 Å². The fourth-order valence-corrected chi connectivity index (χ4v) is 9.05. The van der Waals surface area contributed by atoms with E-state index in [1.165, 1.54) is 7.11 Å². The number of ether oxygens (including phenoxy) is 2. The molecule has 0 saturated carbocycles. The summed E-state index contributed by atoms with van der Waals surface area (Å²) in [7, 11) is -0.280. The zero-order valence-corrected chi connectivity index (χ0v) is 16.1. The van der Waals surface area contributed by atoms with E-state index in [-0.39, 0.29) is 11.1 Å². The molecule has 1 aliphatic heterocycles. The lowest BCUT2D eigenvalue weighted by Gasteiger charge is -2.38. The summed E-state index contributed by atoms with van der Waals surface area (Å²) in [6.07, 6.45) is -1.16. The van der Waals surface area contributed by atoms with E-state index in [0.717, 1.165) is 25.1 Å². The number of methoxy groups -OCH3 is 2. The third-order valence-corrected chi connectivity index (χ3v) is 10.6. The van der Waals surface area contributed by atoms with Crippen LogP contribution in [-0.2, 0) is 23.5 Å². The number of aliphatic hydroxyl groups is 1. The summed E-state index contributed by atoms with van der Waals surface area (Å²) in [4.78, 5) is 24.1. The van der Waals surface area contributed by atoms with E-state index in [0.29, 0.717) is 0 Å². The van der Waals surface area contributed by atoms with Crippen LogP contribution in [0, 0.1) is 0 Å². The van der Waals surface area contributed by atoms with Gasteiger partial charge in [-0.15, -0.1) is 0 Å². The summed E-state index contributed by atoms with van der Waals surface area (Å²) in [5.74, 6) is -1.68. The van der Waals surface area contributed by atoms with Gasteiger partial charge in [0, 0.05) is 0 Å². The SMILES string of the molecule is COC(=O)[C@H](O)[C@@H](O[Si]1(c2ccccc2)[C@H](C)CC[C@@H]1C)C(=O)OC. The van der Waals surface area contributed by atoms with Crippen LogP contribution in [0.3, 0.4) is 0 Å². The first-order valence-electron chi connectivity index (χ1n) is 8.45. The van der Waals surface area contributed by atoms with Crippen molar-refractivity contribution in [2.75, 3.05) is 14.2 Å². The molecule has 0 amide bonds. The highest BCUT2D eigenvalue weighted by atomic mass is 28.4. The Morgan fingerprint density at radius 1 is 1.04 bits per heavy atom. The summed E-state index contributed by atoms with van der Waals surface area (Å²) >= 11 is 0. The van der Waals surface area contributed by atoms with Gasteiger partial charge in [-0.25, -0.2) is 9.59 Å². The maximum atomic E-state index is 12.3. The average Bonchev–Trinajstić information content (AvgIpc) is 2.93. The standard InChI is InChI=1S/C18H26O6Si/c1-12-10-11-13(2)25(12,14-8-6-5-7-9-14)24-16(18(21)23-4)15(19)17(20)22-3/h5-9,12-13,15-16,19H,10-11H2,1-4H3/t12-,13+,15-,16-,25?/m1/s1. The summed E-state index contributed by atoms with van der Waals surface area (Å²) in [5, 5.41) is 11.3. The van der Waals surface area contributed by atoms with Gasteiger partial charge in [-0.3, -0.25) is 0 Å². The third kappa shape index (κ3) is 3.63. The quantitative estimate of drug-likeness (QED) is 0.607. The number of carbonyl (C=O) groups excluding carboxylic acids is 2. The predicted molar refractivity (Wildman–Crippen MR) is 94.8 cm³/mol. The topological polar surface area (TPSA) is 82.1 Å². The molecule has 1 aromatic rings. The Kier molecular flexibility index (Phi) is 6.37. The Bertz CT molecular complexity index is 595. The van der Waals surface area contributed by atoms with E-state index in [2.05, 4.69) is 18.6 Å². The predicted octanol–water partition coefficient (Wildman–Crippen LogP) is 1.51. The lowest BCUT2D eigenvalue weighted by atomic mass is 10.2. The first-order valence-corrected chi connectivity index (χ1v) is 10.5. The van der Waals surface area contributed by atoms with Crippen LogP contribution in [-0.4, -0.2) is 51.8 Å². The van der Waals surface area contributed by atoms with Crippen LogP contribution in [0.1, 0.15) is 26.7 Å². The molecule has 2 rings (SSSR count). The molecular weight excluding hydrogens is 340 g/mol. The van der Waals surface area contributed by atoms with Crippen LogP contribution in [0.4, 0.5) is 0 Å². The van der Waals surface area contributed by atoms with Gasteiger partial charge in [0.25, 0.3) is 0 Å². The number of carbonyl (C=O) groups is 2. The molecule has 7 heteroatoms. The molecule has 1 saturated heterocycles. The Balaban J connectivity index is 2.47. The molecule has 1 aliphatic rings. The second-order valence-electron chi connectivity index (χ2n) is 6.57. The molecular formula is C18H26O6Si. The van der Waals surface area contributed by atoms with E-state index in [9.17, 15) is 14.7 Å². The number of aliphatic hydroxyl groups excluding tert-OH is 1. The number of hydrogen-bond donors (Lipinski definition) is 1. The highest BCUT2D eigenvalue weighted by Gasteiger charge is 2.55. The Labute approximate surface area is 149 Å². The van der Waals surface area contributed by atoms with Crippen molar-refractivity contribution in [1.29, 1.82) is 0 Å². The molecule has 1 fully saturated rings. The first kappa shape index (κ1) is 19.6. The third-order valence-electron chi connectivity index (χ3n) is 5.21. The maximum Gasteiger partial charge on any atom is 0.338 e. The van der Waals surface area contributed by atoms with Crippen molar-refractivity contribution >= 4 is 25.4 Å². The van der Waals surface area contributed by atoms with Gasteiger partial charge in [0.2, 0.25) is 8.32 Å². The largest absolute Gasteiger partial charge is 0.467 e. The molecule has 5 atom stereocenters. The Morgan fingerprint density at radius 3 is 2.04 bits per heavy atom. The van der Waals surface area contributed by atoms with Crippen LogP contribution < -0.4 is 5.19 Å². The minimum Gasteiger partial charge on any atom is -0.467 e. The number of esters is 2. The second kappa shape index (κ2) is 8.12. The van der Waals surface area contributed by atoms with Gasteiger partial charge >= 0.3 is 11.9 Å². The Hall–Kier alpha value is -1.70. The fourth-order valence-electron chi connectivity index (χ4n) is 3.79. The lowest BCUT2D eigenvalue weighted by Crippen LogP contribution is -2.60. The van der Waals surface area contributed by atoms with Crippen LogP contribution in [0.5, 0.6) is 0 Å².